The molecule has 1 unspecified atom stereocenters. The van der Waals surface area contributed by atoms with Crippen LogP contribution in [-0.4, -0.2) is 38.3 Å². The molecule has 1 fully saturated rings. The number of pyridine rings is 1. The zero-order chi connectivity index (χ0) is 21.3. The van der Waals surface area contributed by atoms with E-state index in [9.17, 15) is 8.42 Å². The first-order chi connectivity index (χ1) is 14.3. The lowest BCUT2D eigenvalue weighted by Crippen LogP contribution is -2.29. The first-order valence-corrected chi connectivity index (χ1v) is 11.2. The number of hydrogen-bond donors (Lipinski definition) is 2. The average molecular weight is 465 g/mol. The van der Waals surface area contributed by atoms with Crippen molar-refractivity contribution in [3.05, 3.63) is 47.8 Å². The summed E-state index contributed by atoms with van der Waals surface area (Å²) in [6.07, 6.45) is 2.49. The molecule has 0 aliphatic carbocycles. The van der Waals surface area contributed by atoms with Crippen LogP contribution in [0.5, 0.6) is 0 Å². The van der Waals surface area contributed by atoms with Crippen molar-refractivity contribution >= 4 is 28.2 Å². The summed E-state index contributed by atoms with van der Waals surface area (Å²) in [6, 6.07) is 8.67. The molecule has 0 spiro atoms. The predicted molar refractivity (Wildman–Crippen MR) is 120 cm³/mol. The van der Waals surface area contributed by atoms with E-state index in [4.69, 9.17) is 15.0 Å². The van der Waals surface area contributed by atoms with E-state index >= 15 is 0 Å². The van der Waals surface area contributed by atoms with E-state index in [2.05, 4.69) is 14.9 Å². The molecule has 1 atom stereocenters. The third-order valence-electron chi connectivity index (χ3n) is 5.23. The molecule has 3 N–H and O–H groups in total. The Morgan fingerprint density at radius 1 is 1.19 bits per heavy atom. The molecule has 0 amide bonds. The third kappa shape index (κ3) is 5.07. The summed E-state index contributed by atoms with van der Waals surface area (Å²) in [4.78, 5) is 4.48. The lowest BCUT2D eigenvalue weighted by molar-refractivity contribution is 0.186. The van der Waals surface area contributed by atoms with Gasteiger partial charge in [0.1, 0.15) is 5.82 Å². The Bertz CT molecular complexity index is 1170. The fourth-order valence-corrected chi connectivity index (χ4v) is 4.59. The Morgan fingerprint density at radius 2 is 2.00 bits per heavy atom. The van der Waals surface area contributed by atoms with Gasteiger partial charge in [-0.2, -0.15) is 0 Å². The number of ether oxygens (including phenoxy) is 1. The van der Waals surface area contributed by atoms with Crippen LogP contribution in [0.1, 0.15) is 17.7 Å². The van der Waals surface area contributed by atoms with Crippen LogP contribution in [0, 0.1) is 19.8 Å². The van der Waals surface area contributed by atoms with Crippen LogP contribution < -0.4 is 10.5 Å². The summed E-state index contributed by atoms with van der Waals surface area (Å²) in [5, 5.41) is 3.90. The number of aromatic nitrogens is 2. The molecule has 166 valence electrons. The number of hydrogen-bond acceptors (Lipinski definition) is 7. The predicted octanol–water partition coefficient (Wildman–Crippen LogP) is 3.34. The molecule has 3 aromatic rings. The van der Waals surface area contributed by atoms with Crippen molar-refractivity contribution < 1.29 is 17.7 Å². The number of nitrogen functional groups attached to an aromatic ring is 1. The maximum atomic E-state index is 12.8. The Kier molecular flexibility index (Phi) is 7.00. The van der Waals surface area contributed by atoms with Crippen molar-refractivity contribution in [3.63, 3.8) is 0 Å². The molecule has 4 rings (SSSR count). The molecular formula is C21H25ClN4O4S. The molecule has 1 aromatic carbocycles. The van der Waals surface area contributed by atoms with Crippen molar-refractivity contribution in [1.82, 2.24) is 14.9 Å². The van der Waals surface area contributed by atoms with Crippen molar-refractivity contribution in [2.24, 2.45) is 5.92 Å². The number of nitrogens with two attached hydrogens (primary N) is 1. The van der Waals surface area contributed by atoms with Gasteiger partial charge >= 0.3 is 0 Å². The maximum absolute atomic E-state index is 12.8. The first-order valence-electron chi connectivity index (χ1n) is 9.71. The van der Waals surface area contributed by atoms with Crippen molar-refractivity contribution in [1.29, 1.82) is 0 Å². The van der Waals surface area contributed by atoms with Crippen LogP contribution in [-0.2, 0) is 14.8 Å². The van der Waals surface area contributed by atoms with Crippen LogP contribution in [0.15, 0.2) is 45.9 Å². The van der Waals surface area contributed by atoms with E-state index < -0.39 is 10.0 Å². The molecule has 0 radical (unpaired) electrons. The normalized spacial score (nSPS) is 16.3. The summed E-state index contributed by atoms with van der Waals surface area (Å²) < 4.78 is 39.0. The third-order valence-corrected chi connectivity index (χ3v) is 6.65. The molecule has 0 bridgehead atoms. The first kappa shape index (κ1) is 23.2. The Labute approximate surface area is 187 Å². The van der Waals surface area contributed by atoms with Crippen LogP contribution in [0.25, 0.3) is 22.5 Å². The van der Waals surface area contributed by atoms with Gasteiger partial charge in [-0.05, 0) is 55.5 Å². The van der Waals surface area contributed by atoms with Gasteiger partial charge in [-0.1, -0.05) is 11.2 Å². The van der Waals surface area contributed by atoms with E-state index in [1.807, 2.05) is 19.9 Å². The van der Waals surface area contributed by atoms with E-state index in [1.165, 1.54) is 0 Å². The Morgan fingerprint density at radius 3 is 2.68 bits per heavy atom. The largest absolute Gasteiger partial charge is 0.383 e. The van der Waals surface area contributed by atoms with Crippen LogP contribution >= 0.6 is 12.4 Å². The Hall–Kier alpha value is -2.46. The number of benzene rings is 1. The molecular weight excluding hydrogens is 440 g/mol. The van der Waals surface area contributed by atoms with Gasteiger partial charge in [0, 0.05) is 31.0 Å². The van der Waals surface area contributed by atoms with E-state index in [0.717, 1.165) is 28.8 Å². The van der Waals surface area contributed by atoms with E-state index in [-0.39, 0.29) is 23.2 Å². The summed E-state index contributed by atoms with van der Waals surface area (Å²) in [6.45, 7) is 5.37. The summed E-state index contributed by atoms with van der Waals surface area (Å²) in [5.41, 5.74) is 9.80. The van der Waals surface area contributed by atoms with Crippen LogP contribution in [0.3, 0.4) is 0 Å². The van der Waals surface area contributed by atoms with Gasteiger partial charge in [0.25, 0.3) is 0 Å². The zero-order valence-corrected chi connectivity index (χ0v) is 18.9. The minimum absolute atomic E-state index is 0. The smallest absolute Gasteiger partial charge is 0.240 e. The topological polar surface area (TPSA) is 120 Å². The van der Waals surface area contributed by atoms with E-state index in [1.54, 1.807) is 30.5 Å². The molecule has 31 heavy (non-hydrogen) atoms. The minimum Gasteiger partial charge on any atom is -0.383 e. The average Bonchev–Trinajstić information content (AvgIpc) is 3.39. The van der Waals surface area contributed by atoms with Crippen LogP contribution in [0.4, 0.5) is 5.82 Å². The highest BCUT2D eigenvalue weighted by Gasteiger charge is 2.21. The summed E-state index contributed by atoms with van der Waals surface area (Å²) >= 11 is 0. The number of sulfonamides is 1. The standard InChI is InChI=1S/C21H24N4O4S.ClH/c1-13-3-4-17(30(26,27)24-10-15-5-6-28-12-15)9-18(13)16-8-19(21(22)23-11-16)20-7-14(2)25-29-20;/h3-4,7-9,11,15,24H,5-6,10,12H2,1-2H3,(H2,22,23);1H. The summed E-state index contributed by atoms with van der Waals surface area (Å²) in [5.74, 6) is 1.04. The van der Waals surface area contributed by atoms with Gasteiger partial charge in [-0.3, -0.25) is 0 Å². The van der Waals surface area contributed by atoms with Crippen molar-refractivity contribution in [2.75, 3.05) is 25.5 Å². The highest BCUT2D eigenvalue weighted by molar-refractivity contribution is 7.89. The second-order valence-electron chi connectivity index (χ2n) is 7.55. The molecule has 1 aliphatic rings. The zero-order valence-electron chi connectivity index (χ0n) is 17.3. The molecule has 2 aromatic heterocycles. The Balaban J connectivity index is 0.00000272. The number of nitrogens with zero attached hydrogens (tertiary/aromatic N) is 2. The van der Waals surface area contributed by atoms with Gasteiger partial charge in [0.2, 0.25) is 10.0 Å². The number of halogens is 1. The minimum atomic E-state index is -3.64. The van der Waals surface area contributed by atoms with Gasteiger partial charge in [-0.25, -0.2) is 18.1 Å². The molecule has 1 aliphatic heterocycles. The number of nitrogens with one attached hydrogen (secondary N) is 1. The van der Waals surface area contributed by atoms with Gasteiger partial charge < -0.3 is 15.0 Å². The quantitative estimate of drug-likeness (QED) is 0.573. The second kappa shape index (κ2) is 9.35. The SMILES string of the molecule is Cc1cc(-c2cc(-c3cc(S(=O)(=O)NCC4CCOC4)ccc3C)cnc2N)on1.Cl. The number of aryl methyl sites for hydroxylation is 2. The fraction of sp³-hybridized carbons (Fsp3) is 0.333. The lowest BCUT2D eigenvalue weighted by Gasteiger charge is -2.13. The molecule has 3 heterocycles. The van der Waals surface area contributed by atoms with Crippen molar-refractivity contribution in [2.45, 2.75) is 25.2 Å². The van der Waals surface area contributed by atoms with Crippen molar-refractivity contribution in [3.8, 4) is 22.5 Å². The highest BCUT2D eigenvalue weighted by atomic mass is 35.5. The lowest BCUT2D eigenvalue weighted by atomic mass is 10.00. The highest BCUT2D eigenvalue weighted by Crippen LogP contribution is 2.32. The van der Waals surface area contributed by atoms with Crippen LogP contribution in [0.2, 0.25) is 0 Å². The molecule has 1 saturated heterocycles. The number of anilines is 1. The van der Waals surface area contributed by atoms with E-state index in [0.29, 0.717) is 36.9 Å². The second-order valence-corrected chi connectivity index (χ2v) is 9.31. The van der Waals surface area contributed by atoms with Gasteiger partial charge in [0.05, 0.1) is 22.8 Å². The molecule has 8 nitrogen and oxygen atoms in total. The summed E-state index contributed by atoms with van der Waals surface area (Å²) in [7, 11) is -3.64. The fourth-order valence-electron chi connectivity index (χ4n) is 3.44. The monoisotopic (exact) mass is 464 g/mol. The van der Waals surface area contributed by atoms with Gasteiger partial charge in [-0.15, -0.1) is 12.4 Å². The van der Waals surface area contributed by atoms with Gasteiger partial charge in [0.15, 0.2) is 5.76 Å². The maximum Gasteiger partial charge on any atom is 0.240 e. The molecule has 10 heteroatoms. The number of rotatable bonds is 6. The molecule has 0 saturated carbocycles.